The van der Waals surface area contributed by atoms with Crippen molar-refractivity contribution in [1.29, 1.82) is 0 Å². The number of ether oxygens (including phenoxy) is 2. The number of aliphatic carboxylic acids is 1. The van der Waals surface area contributed by atoms with Gasteiger partial charge in [-0.1, -0.05) is 11.6 Å². The summed E-state index contributed by atoms with van der Waals surface area (Å²) in [6, 6.07) is 5.33. The highest BCUT2D eigenvalue weighted by Gasteiger charge is 2.25. The molecule has 1 aliphatic rings. The Morgan fingerprint density at radius 2 is 2.40 bits per heavy atom. The Hall–Kier alpha value is -0.820. The number of benzene rings is 1. The van der Waals surface area contributed by atoms with Crippen LogP contribution in [0.2, 0.25) is 5.02 Å². The Labute approximate surface area is 130 Å². The van der Waals surface area contributed by atoms with Crippen LogP contribution in [0, 0.1) is 0 Å². The van der Waals surface area contributed by atoms with Crippen LogP contribution in [0.3, 0.4) is 0 Å². The van der Waals surface area contributed by atoms with Crippen LogP contribution in [0.1, 0.15) is 0 Å². The summed E-state index contributed by atoms with van der Waals surface area (Å²) in [6.45, 7) is 2.67. The number of carbonyl (C=O) groups is 1. The standard InChI is InChI=1S/C13H15BrClNO4/c14-10-7-9(15)1-2-11(10)19-5-3-16-4-6-20-12(8-16)13(17)18/h1-2,7,12H,3-6,8H2,(H,17,18). The summed E-state index contributed by atoms with van der Waals surface area (Å²) >= 11 is 9.24. The summed E-state index contributed by atoms with van der Waals surface area (Å²) in [6.07, 6.45) is -0.744. The highest BCUT2D eigenvalue weighted by atomic mass is 79.9. The Morgan fingerprint density at radius 1 is 1.60 bits per heavy atom. The molecule has 0 aromatic heterocycles. The third-order valence-corrected chi connectivity index (χ3v) is 3.84. The van der Waals surface area contributed by atoms with E-state index in [2.05, 4.69) is 15.9 Å². The average Bonchev–Trinajstić information content (AvgIpc) is 2.41. The molecule has 1 aromatic carbocycles. The SMILES string of the molecule is O=C(O)C1CN(CCOc2ccc(Cl)cc2Br)CCO1. The van der Waals surface area contributed by atoms with Gasteiger partial charge in [0.05, 0.1) is 11.1 Å². The van der Waals surface area contributed by atoms with Crippen LogP contribution in [0.15, 0.2) is 22.7 Å². The van der Waals surface area contributed by atoms with E-state index in [0.717, 1.165) is 16.8 Å². The van der Waals surface area contributed by atoms with E-state index in [1.54, 1.807) is 18.2 Å². The van der Waals surface area contributed by atoms with Gasteiger partial charge in [0.2, 0.25) is 0 Å². The summed E-state index contributed by atoms with van der Waals surface area (Å²) in [5, 5.41) is 9.56. The van der Waals surface area contributed by atoms with Crippen molar-refractivity contribution >= 4 is 33.5 Å². The van der Waals surface area contributed by atoms with Crippen LogP contribution in [0.5, 0.6) is 5.75 Å². The number of halogens is 2. The minimum atomic E-state index is -0.920. The molecule has 0 amide bonds. The summed E-state index contributed by atoms with van der Waals surface area (Å²) in [5.74, 6) is -0.200. The Kier molecular flexibility index (Phi) is 5.65. The molecule has 0 spiro atoms. The van der Waals surface area contributed by atoms with E-state index in [4.69, 9.17) is 26.2 Å². The summed E-state index contributed by atoms with van der Waals surface area (Å²) < 4.78 is 11.6. The van der Waals surface area contributed by atoms with E-state index >= 15 is 0 Å². The largest absolute Gasteiger partial charge is 0.491 e. The Morgan fingerprint density at radius 3 is 3.10 bits per heavy atom. The molecule has 1 atom stereocenters. The molecule has 1 N–H and O–H groups in total. The van der Waals surface area contributed by atoms with E-state index in [1.165, 1.54) is 0 Å². The number of rotatable bonds is 5. The predicted molar refractivity (Wildman–Crippen MR) is 78.5 cm³/mol. The smallest absolute Gasteiger partial charge is 0.334 e. The van der Waals surface area contributed by atoms with Gasteiger partial charge in [-0.15, -0.1) is 0 Å². The summed E-state index contributed by atoms with van der Waals surface area (Å²) in [4.78, 5) is 12.9. The molecule has 1 unspecified atom stereocenters. The van der Waals surface area contributed by atoms with Crippen molar-refractivity contribution in [3.05, 3.63) is 27.7 Å². The van der Waals surface area contributed by atoms with Gasteiger partial charge in [0.25, 0.3) is 0 Å². The first-order valence-electron chi connectivity index (χ1n) is 6.21. The molecule has 110 valence electrons. The summed E-state index contributed by atoms with van der Waals surface area (Å²) in [7, 11) is 0. The van der Waals surface area contributed by atoms with Crippen LogP contribution >= 0.6 is 27.5 Å². The van der Waals surface area contributed by atoms with Crippen LogP contribution in [-0.2, 0) is 9.53 Å². The van der Waals surface area contributed by atoms with Crippen molar-refractivity contribution in [3.63, 3.8) is 0 Å². The quantitative estimate of drug-likeness (QED) is 0.868. The van der Waals surface area contributed by atoms with Gasteiger partial charge in [0, 0.05) is 24.7 Å². The molecule has 1 fully saturated rings. The number of nitrogens with zero attached hydrogens (tertiary/aromatic N) is 1. The fourth-order valence-electron chi connectivity index (χ4n) is 1.93. The molecule has 1 saturated heterocycles. The van der Waals surface area contributed by atoms with E-state index < -0.39 is 12.1 Å². The van der Waals surface area contributed by atoms with E-state index in [1.807, 2.05) is 4.90 Å². The number of carboxylic acid groups (broad SMARTS) is 1. The van der Waals surface area contributed by atoms with E-state index in [0.29, 0.717) is 31.3 Å². The molecule has 0 aliphatic carbocycles. The predicted octanol–water partition coefficient (Wildman–Crippen LogP) is 2.27. The maximum atomic E-state index is 10.9. The normalized spacial score (nSPS) is 19.8. The lowest BCUT2D eigenvalue weighted by Gasteiger charge is -2.30. The molecule has 1 aromatic rings. The van der Waals surface area contributed by atoms with Crippen molar-refractivity contribution in [2.45, 2.75) is 6.10 Å². The molecule has 7 heteroatoms. The van der Waals surface area contributed by atoms with Gasteiger partial charge in [0.15, 0.2) is 6.10 Å². The molecule has 2 rings (SSSR count). The monoisotopic (exact) mass is 363 g/mol. The van der Waals surface area contributed by atoms with Gasteiger partial charge < -0.3 is 14.6 Å². The van der Waals surface area contributed by atoms with Crippen molar-refractivity contribution in [1.82, 2.24) is 4.90 Å². The highest BCUT2D eigenvalue weighted by Crippen LogP contribution is 2.27. The van der Waals surface area contributed by atoms with E-state index in [-0.39, 0.29) is 0 Å². The Bertz CT molecular complexity index is 485. The molecular formula is C13H15BrClNO4. The third-order valence-electron chi connectivity index (χ3n) is 2.99. The first-order chi connectivity index (χ1) is 9.56. The van der Waals surface area contributed by atoms with Crippen molar-refractivity contribution < 1.29 is 19.4 Å². The molecule has 1 aliphatic heterocycles. The van der Waals surface area contributed by atoms with Crippen LogP contribution in [0.25, 0.3) is 0 Å². The second-order valence-electron chi connectivity index (χ2n) is 4.42. The van der Waals surface area contributed by atoms with Crippen LogP contribution < -0.4 is 4.74 Å². The molecule has 0 saturated carbocycles. The number of morpholine rings is 1. The zero-order valence-corrected chi connectivity index (χ0v) is 13.1. The molecule has 5 nitrogen and oxygen atoms in total. The van der Waals surface area contributed by atoms with Crippen LogP contribution in [0.4, 0.5) is 0 Å². The zero-order valence-electron chi connectivity index (χ0n) is 10.7. The van der Waals surface area contributed by atoms with Crippen LogP contribution in [-0.4, -0.2) is 54.9 Å². The number of hydrogen-bond donors (Lipinski definition) is 1. The lowest BCUT2D eigenvalue weighted by atomic mass is 10.3. The van der Waals surface area contributed by atoms with Gasteiger partial charge in [-0.3, -0.25) is 4.90 Å². The third kappa shape index (κ3) is 4.34. The minimum absolute atomic E-state index is 0.389. The maximum Gasteiger partial charge on any atom is 0.334 e. The van der Waals surface area contributed by atoms with E-state index in [9.17, 15) is 4.79 Å². The minimum Gasteiger partial charge on any atom is -0.491 e. The molecule has 1 heterocycles. The topological polar surface area (TPSA) is 59.0 Å². The zero-order chi connectivity index (χ0) is 14.5. The molecule has 0 bridgehead atoms. The maximum absolute atomic E-state index is 10.9. The summed E-state index contributed by atoms with van der Waals surface area (Å²) in [5.41, 5.74) is 0. The second-order valence-corrected chi connectivity index (χ2v) is 5.71. The van der Waals surface area contributed by atoms with Crippen molar-refractivity contribution in [2.24, 2.45) is 0 Å². The number of carboxylic acids is 1. The van der Waals surface area contributed by atoms with Gasteiger partial charge in [-0.2, -0.15) is 0 Å². The molecule has 0 radical (unpaired) electrons. The van der Waals surface area contributed by atoms with Crippen molar-refractivity contribution in [3.8, 4) is 5.75 Å². The Balaban J connectivity index is 1.79. The second kappa shape index (κ2) is 7.26. The first-order valence-corrected chi connectivity index (χ1v) is 7.38. The van der Waals surface area contributed by atoms with Crippen molar-refractivity contribution in [2.75, 3.05) is 32.8 Å². The average molecular weight is 365 g/mol. The first kappa shape index (κ1) is 15.6. The number of hydrogen-bond acceptors (Lipinski definition) is 4. The lowest BCUT2D eigenvalue weighted by Crippen LogP contribution is -2.47. The van der Waals surface area contributed by atoms with Gasteiger partial charge in [-0.25, -0.2) is 4.79 Å². The van der Waals surface area contributed by atoms with Gasteiger partial charge in [0.1, 0.15) is 12.4 Å². The fourth-order valence-corrected chi connectivity index (χ4v) is 2.73. The fraction of sp³-hybridized carbons (Fsp3) is 0.462. The molecular weight excluding hydrogens is 350 g/mol. The highest BCUT2D eigenvalue weighted by molar-refractivity contribution is 9.10. The lowest BCUT2D eigenvalue weighted by molar-refractivity contribution is -0.156. The molecule has 20 heavy (non-hydrogen) atoms. The van der Waals surface area contributed by atoms with Gasteiger partial charge in [-0.05, 0) is 34.1 Å². The van der Waals surface area contributed by atoms with Gasteiger partial charge >= 0.3 is 5.97 Å².